The molecule has 0 aliphatic carbocycles. The maximum Gasteiger partial charge on any atom is 0.258 e. The SMILES string of the molecule is Cc1cc(C(=O)N(C)Cc2ccccc2C)c2c(C)noc2n1. The lowest BCUT2D eigenvalue weighted by Crippen LogP contribution is -2.27. The number of rotatable bonds is 3. The first-order valence-corrected chi connectivity index (χ1v) is 7.51. The van der Waals surface area contributed by atoms with Crippen molar-refractivity contribution in [3.05, 3.63) is 58.4 Å². The van der Waals surface area contributed by atoms with E-state index in [0.717, 1.165) is 11.3 Å². The number of carbonyl (C=O) groups is 1. The number of nitrogens with zero attached hydrogens (tertiary/aromatic N) is 3. The second kappa shape index (κ2) is 5.83. The Balaban J connectivity index is 1.97. The van der Waals surface area contributed by atoms with Gasteiger partial charge >= 0.3 is 0 Å². The molecule has 118 valence electrons. The first kappa shape index (κ1) is 15.2. The number of benzene rings is 1. The number of aromatic nitrogens is 2. The second-order valence-electron chi connectivity index (χ2n) is 5.85. The van der Waals surface area contributed by atoms with E-state index in [9.17, 15) is 4.79 Å². The Morgan fingerprint density at radius 1 is 1.22 bits per heavy atom. The zero-order valence-electron chi connectivity index (χ0n) is 13.8. The van der Waals surface area contributed by atoms with Gasteiger partial charge in [0, 0.05) is 19.3 Å². The van der Waals surface area contributed by atoms with E-state index in [4.69, 9.17) is 4.52 Å². The molecule has 5 heteroatoms. The third kappa shape index (κ3) is 2.82. The predicted octanol–water partition coefficient (Wildman–Crippen LogP) is 3.42. The van der Waals surface area contributed by atoms with E-state index in [-0.39, 0.29) is 5.91 Å². The number of amides is 1. The molecule has 23 heavy (non-hydrogen) atoms. The monoisotopic (exact) mass is 309 g/mol. The van der Waals surface area contributed by atoms with Crippen molar-refractivity contribution in [3.8, 4) is 0 Å². The van der Waals surface area contributed by atoms with Crippen molar-refractivity contribution in [2.45, 2.75) is 27.3 Å². The van der Waals surface area contributed by atoms with Gasteiger partial charge in [0.25, 0.3) is 11.6 Å². The molecule has 2 heterocycles. The molecule has 3 rings (SSSR count). The highest BCUT2D eigenvalue weighted by Gasteiger charge is 2.20. The molecular formula is C18H19N3O2. The van der Waals surface area contributed by atoms with E-state index < -0.39 is 0 Å². The summed E-state index contributed by atoms with van der Waals surface area (Å²) in [5.41, 5.74) is 4.72. The first-order chi connectivity index (χ1) is 11.0. The summed E-state index contributed by atoms with van der Waals surface area (Å²) < 4.78 is 5.21. The number of carbonyl (C=O) groups excluding carboxylic acids is 1. The van der Waals surface area contributed by atoms with Crippen molar-refractivity contribution >= 4 is 17.0 Å². The highest BCUT2D eigenvalue weighted by atomic mass is 16.5. The number of aryl methyl sites for hydroxylation is 3. The van der Waals surface area contributed by atoms with Crippen molar-refractivity contribution < 1.29 is 9.32 Å². The smallest absolute Gasteiger partial charge is 0.258 e. The van der Waals surface area contributed by atoms with E-state index in [1.54, 1.807) is 18.0 Å². The van der Waals surface area contributed by atoms with Gasteiger partial charge in [0.2, 0.25) is 0 Å². The van der Waals surface area contributed by atoms with Crippen LogP contribution in [0, 0.1) is 20.8 Å². The van der Waals surface area contributed by atoms with Gasteiger partial charge in [-0.1, -0.05) is 29.4 Å². The second-order valence-corrected chi connectivity index (χ2v) is 5.85. The van der Waals surface area contributed by atoms with Crippen molar-refractivity contribution in [2.75, 3.05) is 7.05 Å². The van der Waals surface area contributed by atoms with Crippen molar-refractivity contribution in [3.63, 3.8) is 0 Å². The summed E-state index contributed by atoms with van der Waals surface area (Å²) in [6.45, 7) is 6.27. The zero-order valence-corrected chi connectivity index (χ0v) is 13.8. The van der Waals surface area contributed by atoms with E-state index in [1.807, 2.05) is 45.0 Å². The lowest BCUT2D eigenvalue weighted by atomic mass is 10.1. The molecule has 0 saturated heterocycles. The molecule has 0 fully saturated rings. The number of hydrogen-bond acceptors (Lipinski definition) is 4. The molecule has 0 saturated carbocycles. The van der Waals surface area contributed by atoms with E-state index >= 15 is 0 Å². The standard InChI is InChI=1S/C18H19N3O2/c1-11-7-5-6-8-14(11)10-21(4)18(22)15-9-12(2)19-17-16(15)13(3)20-23-17/h5-9H,10H2,1-4H3. The number of fused-ring (bicyclic) bond motifs is 1. The van der Waals surface area contributed by atoms with Crippen molar-refractivity contribution in [1.82, 2.24) is 15.0 Å². The quantitative estimate of drug-likeness (QED) is 0.744. The number of hydrogen-bond donors (Lipinski definition) is 0. The minimum Gasteiger partial charge on any atom is -0.337 e. The molecule has 0 aliphatic rings. The summed E-state index contributed by atoms with van der Waals surface area (Å²) in [5, 5.41) is 4.62. The average molecular weight is 309 g/mol. The fourth-order valence-corrected chi connectivity index (χ4v) is 2.71. The van der Waals surface area contributed by atoms with Crippen LogP contribution >= 0.6 is 0 Å². The molecule has 0 spiro atoms. The molecule has 0 unspecified atom stereocenters. The van der Waals surface area contributed by atoms with Gasteiger partial charge in [-0.15, -0.1) is 0 Å². The van der Waals surface area contributed by atoms with Gasteiger partial charge in [-0.3, -0.25) is 4.79 Å². The molecule has 0 radical (unpaired) electrons. The molecule has 5 nitrogen and oxygen atoms in total. The lowest BCUT2D eigenvalue weighted by molar-refractivity contribution is 0.0786. The molecule has 1 amide bonds. The van der Waals surface area contributed by atoms with E-state index in [2.05, 4.69) is 10.1 Å². The molecule has 0 bridgehead atoms. The summed E-state index contributed by atoms with van der Waals surface area (Å²) in [6.07, 6.45) is 0. The molecule has 1 aromatic carbocycles. The van der Waals surface area contributed by atoms with Crippen LogP contribution in [-0.2, 0) is 6.54 Å². The topological polar surface area (TPSA) is 59.2 Å². The Labute approximate surface area is 134 Å². The van der Waals surface area contributed by atoms with Crippen LogP contribution in [0.1, 0.15) is 32.9 Å². The summed E-state index contributed by atoms with van der Waals surface area (Å²) in [6, 6.07) is 9.86. The van der Waals surface area contributed by atoms with Crippen LogP contribution in [0.3, 0.4) is 0 Å². The maximum absolute atomic E-state index is 12.9. The minimum absolute atomic E-state index is 0.0601. The summed E-state index contributed by atoms with van der Waals surface area (Å²) in [4.78, 5) is 18.9. The molecule has 0 atom stereocenters. The summed E-state index contributed by atoms with van der Waals surface area (Å²) >= 11 is 0. The van der Waals surface area contributed by atoms with Crippen LogP contribution in [0.4, 0.5) is 0 Å². The fourth-order valence-electron chi connectivity index (χ4n) is 2.71. The Morgan fingerprint density at radius 3 is 2.70 bits per heavy atom. The van der Waals surface area contributed by atoms with Crippen molar-refractivity contribution in [1.29, 1.82) is 0 Å². The fraction of sp³-hybridized carbons (Fsp3) is 0.278. The van der Waals surface area contributed by atoms with Crippen LogP contribution in [0.2, 0.25) is 0 Å². The van der Waals surface area contributed by atoms with Gasteiger partial charge in [-0.2, -0.15) is 0 Å². The first-order valence-electron chi connectivity index (χ1n) is 7.51. The predicted molar refractivity (Wildman–Crippen MR) is 88.3 cm³/mol. The Kier molecular flexibility index (Phi) is 3.86. The van der Waals surface area contributed by atoms with Gasteiger partial charge in [-0.05, 0) is 38.0 Å². The van der Waals surface area contributed by atoms with Crippen LogP contribution in [0.15, 0.2) is 34.9 Å². The zero-order chi connectivity index (χ0) is 16.6. The maximum atomic E-state index is 12.9. The highest BCUT2D eigenvalue weighted by molar-refractivity contribution is 6.05. The van der Waals surface area contributed by atoms with Crippen LogP contribution < -0.4 is 0 Å². The Morgan fingerprint density at radius 2 is 1.96 bits per heavy atom. The number of pyridine rings is 1. The molecule has 0 aliphatic heterocycles. The third-order valence-electron chi connectivity index (χ3n) is 3.99. The Bertz CT molecular complexity index is 883. The average Bonchev–Trinajstić information content (AvgIpc) is 2.89. The van der Waals surface area contributed by atoms with E-state index in [1.165, 1.54) is 5.56 Å². The van der Waals surface area contributed by atoms with Gasteiger partial charge in [0.05, 0.1) is 16.6 Å². The van der Waals surface area contributed by atoms with Gasteiger partial charge < -0.3 is 9.42 Å². The van der Waals surface area contributed by atoms with Crippen LogP contribution in [-0.4, -0.2) is 28.0 Å². The highest BCUT2D eigenvalue weighted by Crippen LogP contribution is 2.23. The van der Waals surface area contributed by atoms with Crippen LogP contribution in [0.25, 0.3) is 11.1 Å². The third-order valence-corrected chi connectivity index (χ3v) is 3.99. The van der Waals surface area contributed by atoms with Crippen molar-refractivity contribution in [2.24, 2.45) is 0 Å². The molecule has 3 aromatic rings. The van der Waals surface area contributed by atoms with Gasteiger partial charge in [-0.25, -0.2) is 4.98 Å². The molecular weight excluding hydrogens is 290 g/mol. The van der Waals surface area contributed by atoms with Crippen LogP contribution in [0.5, 0.6) is 0 Å². The summed E-state index contributed by atoms with van der Waals surface area (Å²) in [5.74, 6) is -0.0601. The lowest BCUT2D eigenvalue weighted by Gasteiger charge is -2.19. The molecule has 0 N–H and O–H groups in total. The Hall–Kier alpha value is -2.69. The summed E-state index contributed by atoms with van der Waals surface area (Å²) in [7, 11) is 1.80. The molecule has 2 aromatic heterocycles. The van der Waals surface area contributed by atoms with Gasteiger partial charge in [0.1, 0.15) is 0 Å². The van der Waals surface area contributed by atoms with E-state index in [0.29, 0.717) is 28.9 Å². The normalized spacial score (nSPS) is 11.0. The largest absolute Gasteiger partial charge is 0.337 e. The van der Waals surface area contributed by atoms with Gasteiger partial charge in [0.15, 0.2) is 0 Å². The minimum atomic E-state index is -0.0601.